The molecular weight excluding hydrogens is 368 g/mol. The largest absolute Gasteiger partial charge is 0.399 e. The molecule has 24 heavy (non-hydrogen) atoms. The number of aryl methyl sites for hydroxylation is 2. The van der Waals surface area contributed by atoms with Crippen molar-refractivity contribution in [2.24, 2.45) is 5.16 Å². The van der Waals surface area contributed by atoms with Crippen molar-refractivity contribution in [2.45, 2.75) is 39.2 Å². The van der Waals surface area contributed by atoms with Crippen LogP contribution in [0, 0.1) is 0 Å². The summed E-state index contributed by atoms with van der Waals surface area (Å²) in [6, 6.07) is 6.23. The monoisotopic (exact) mass is 388 g/mol. The summed E-state index contributed by atoms with van der Waals surface area (Å²) < 4.78 is 3.38. The van der Waals surface area contributed by atoms with E-state index in [1.807, 2.05) is 12.4 Å². The van der Waals surface area contributed by atoms with E-state index in [2.05, 4.69) is 55.8 Å². The maximum atomic E-state index is 4.82. The molecule has 0 saturated carbocycles. The first-order valence-electron chi connectivity index (χ1n) is 8.23. The zero-order valence-corrected chi connectivity index (χ0v) is 15.6. The van der Waals surface area contributed by atoms with Crippen LogP contribution in [0.25, 0.3) is 21.9 Å². The number of pyridine rings is 1. The molecule has 0 saturated heterocycles. The van der Waals surface area contributed by atoms with Crippen molar-refractivity contribution in [1.29, 1.82) is 0 Å². The highest BCUT2D eigenvalue weighted by Crippen LogP contribution is 2.27. The summed E-state index contributed by atoms with van der Waals surface area (Å²) in [5.74, 6) is 1.13. The molecule has 0 atom stereocenters. The fourth-order valence-electron chi connectivity index (χ4n) is 2.96. The van der Waals surface area contributed by atoms with Crippen molar-refractivity contribution < 1.29 is 4.84 Å². The molecule has 0 amide bonds. The summed E-state index contributed by atoms with van der Waals surface area (Å²) in [4.78, 5) is 14.1. The van der Waals surface area contributed by atoms with E-state index in [0.717, 1.165) is 58.9 Å². The van der Waals surface area contributed by atoms with Crippen molar-refractivity contribution >= 4 is 44.1 Å². The molecule has 0 aliphatic rings. The molecule has 0 unspecified atom stereocenters. The molecule has 5 nitrogen and oxygen atoms in total. The minimum absolute atomic E-state index is 0.883. The number of hydrogen-bond donors (Lipinski definition) is 0. The van der Waals surface area contributed by atoms with E-state index in [9.17, 15) is 0 Å². The van der Waals surface area contributed by atoms with Gasteiger partial charge in [-0.25, -0.2) is 4.98 Å². The van der Waals surface area contributed by atoms with Crippen LogP contribution in [0.2, 0.25) is 0 Å². The first-order chi connectivity index (χ1) is 11.7. The predicted molar refractivity (Wildman–Crippen MR) is 101 cm³/mol. The molecule has 0 bridgehead atoms. The topological polar surface area (TPSA) is 52.3 Å². The lowest BCUT2D eigenvalue weighted by Crippen LogP contribution is -2.04. The standard InChI is InChI=1S/C18H21BrN4O/c1-3-6-17-22-16-12-20-15-11-13(19)7-8-14(15)18(16)23(17)10-5-4-9-21-24-2/h7-9,11-12H,3-6,10H2,1-2H3/b21-9+. The Morgan fingerprint density at radius 3 is 3.00 bits per heavy atom. The Kier molecular flexibility index (Phi) is 5.45. The molecule has 3 aromatic rings. The molecule has 2 aromatic heterocycles. The fraction of sp³-hybridized carbons (Fsp3) is 0.389. The number of benzene rings is 1. The Balaban J connectivity index is 2.05. The van der Waals surface area contributed by atoms with Crippen LogP contribution in [0.4, 0.5) is 0 Å². The van der Waals surface area contributed by atoms with Crippen LogP contribution >= 0.6 is 15.9 Å². The van der Waals surface area contributed by atoms with E-state index in [1.54, 1.807) is 7.11 Å². The number of unbranched alkanes of at least 4 members (excludes halogenated alkanes) is 1. The summed E-state index contributed by atoms with van der Waals surface area (Å²) in [6.07, 6.45) is 7.62. The van der Waals surface area contributed by atoms with Crippen LogP contribution in [-0.2, 0) is 17.8 Å². The average molecular weight is 389 g/mol. The Labute approximate surface area is 149 Å². The number of fused-ring (bicyclic) bond motifs is 3. The second kappa shape index (κ2) is 7.75. The highest BCUT2D eigenvalue weighted by Gasteiger charge is 2.13. The number of imidazole rings is 1. The molecule has 0 radical (unpaired) electrons. The van der Waals surface area contributed by atoms with Gasteiger partial charge in [0.05, 0.1) is 17.2 Å². The van der Waals surface area contributed by atoms with Gasteiger partial charge in [-0.3, -0.25) is 4.98 Å². The highest BCUT2D eigenvalue weighted by atomic mass is 79.9. The van der Waals surface area contributed by atoms with Crippen LogP contribution in [0.15, 0.2) is 34.0 Å². The van der Waals surface area contributed by atoms with Gasteiger partial charge in [0.25, 0.3) is 0 Å². The molecule has 0 aliphatic heterocycles. The van der Waals surface area contributed by atoms with Gasteiger partial charge < -0.3 is 9.40 Å². The Morgan fingerprint density at radius 2 is 2.21 bits per heavy atom. The van der Waals surface area contributed by atoms with Crippen LogP contribution in [-0.4, -0.2) is 27.9 Å². The second-order valence-electron chi connectivity index (χ2n) is 5.70. The minimum Gasteiger partial charge on any atom is -0.399 e. The molecule has 0 N–H and O–H groups in total. The first-order valence-corrected chi connectivity index (χ1v) is 9.02. The highest BCUT2D eigenvalue weighted by molar-refractivity contribution is 9.10. The number of nitrogens with zero attached hydrogens (tertiary/aromatic N) is 4. The van der Waals surface area contributed by atoms with Crippen molar-refractivity contribution in [3.05, 3.63) is 34.7 Å². The smallest absolute Gasteiger partial charge is 0.109 e. The number of oxime groups is 1. The van der Waals surface area contributed by atoms with E-state index < -0.39 is 0 Å². The summed E-state index contributed by atoms with van der Waals surface area (Å²) >= 11 is 3.52. The zero-order valence-electron chi connectivity index (χ0n) is 14.0. The van der Waals surface area contributed by atoms with E-state index in [1.165, 1.54) is 5.52 Å². The third kappa shape index (κ3) is 3.43. The SMILES string of the molecule is CCCc1nc2cnc3cc(Br)ccc3c2n1CCC/C=N/OC. The van der Waals surface area contributed by atoms with Crippen molar-refractivity contribution in [3.8, 4) is 0 Å². The molecule has 0 spiro atoms. The minimum atomic E-state index is 0.883. The molecule has 2 heterocycles. The van der Waals surface area contributed by atoms with Gasteiger partial charge in [0, 0.05) is 29.0 Å². The lowest BCUT2D eigenvalue weighted by Gasteiger charge is -2.09. The summed E-state index contributed by atoms with van der Waals surface area (Å²) in [6.45, 7) is 3.10. The van der Waals surface area contributed by atoms with Gasteiger partial charge in [-0.1, -0.05) is 28.0 Å². The van der Waals surface area contributed by atoms with Crippen LogP contribution in [0.5, 0.6) is 0 Å². The molecular formula is C18H21BrN4O. The molecule has 3 rings (SSSR count). The first kappa shape index (κ1) is 16.9. The van der Waals surface area contributed by atoms with Gasteiger partial charge in [-0.2, -0.15) is 0 Å². The number of halogens is 1. The number of aromatic nitrogens is 3. The second-order valence-corrected chi connectivity index (χ2v) is 6.61. The Bertz CT molecular complexity index is 872. The maximum Gasteiger partial charge on any atom is 0.109 e. The van der Waals surface area contributed by atoms with Gasteiger partial charge >= 0.3 is 0 Å². The quantitative estimate of drug-likeness (QED) is 0.334. The van der Waals surface area contributed by atoms with Crippen molar-refractivity contribution in [3.63, 3.8) is 0 Å². The normalized spacial score (nSPS) is 11.8. The van der Waals surface area contributed by atoms with E-state index >= 15 is 0 Å². The fourth-order valence-corrected chi connectivity index (χ4v) is 3.31. The van der Waals surface area contributed by atoms with Crippen molar-refractivity contribution in [1.82, 2.24) is 14.5 Å². The maximum absolute atomic E-state index is 4.82. The van der Waals surface area contributed by atoms with Gasteiger partial charge in [0.15, 0.2) is 0 Å². The van der Waals surface area contributed by atoms with E-state index in [0.29, 0.717) is 0 Å². The van der Waals surface area contributed by atoms with Crippen LogP contribution in [0.3, 0.4) is 0 Å². The third-order valence-electron chi connectivity index (χ3n) is 3.98. The summed E-state index contributed by atoms with van der Waals surface area (Å²) in [7, 11) is 1.57. The van der Waals surface area contributed by atoms with E-state index in [-0.39, 0.29) is 0 Å². The molecule has 6 heteroatoms. The Morgan fingerprint density at radius 1 is 1.33 bits per heavy atom. The predicted octanol–water partition coefficient (Wildman–Crippen LogP) is 4.71. The van der Waals surface area contributed by atoms with Gasteiger partial charge in [0.2, 0.25) is 0 Å². The lowest BCUT2D eigenvalue weighted by molar-refractivity contribution is 0.214. The molecule has 0 aliphatic carbocycles. The van der Waals surface area contributed by atoms with Gasteiger partial charge in [0.1, 0.15) is 18.5 Å². The Hall–Kier alpha value is -1.95. The number of rotatable bonds is 7. The third-order valence-corrected chi connectivity index (χ3v) is 4.48. The van der Waals surface area contributed by atoms with Crippen LogP contribution < -0.4 is 0 Å². The summed E-state index contributed by atoms with van der Waals surface area (Å²) in [5, 5.41) is 4.96. The van der Waals surface area contributed by atoms with Crippen LogP contribution in [0.1, 0.15) is 32.0 Å². The summed E-state index contributed by atoms with van der Waals surface area (Å²) in [5.41, 5.74) is 3.14. The average Bonchev–Trinajstić information content (AvgIpc) is 2.92. The lowest BCUT2D eigenvalue weighted by atomic mass is 10.2. The molecule has 126 valence electrons. The number of hydrogen-bond acceptors (Lipinski definition) is 4. The van der Waals surface area contributed by atoms with Gasteiger partial charge in [-0.15, -0.1) is 0 Å². The molecule has 1 aromatic carbocycles. The van der Waals surface area contributed by atoms with Crippen molar-refractivity contribution in [2.75, 3.05) is 7.11 Å². The molecule has 0 fully saturated rings. The van der Waals surface area contributed by atoms with Gasteiger partial charge in [-0.05, 0) is 37.5 Å². The zero-order chi connectivity index (χ0) is 16.9. The van der Waals surface area contributed by atoms with E-state index in [4.69, 9.17) is 9.82 Å².